The van der Waals surface area contributed by atoms with E-state index >= 15 is 0 Å². The van der Waals surface area contributed by atoms with Crippen LogP contribution in [0.25, 0.3) is 11.3 Å². The first-order valence-electron chi connectivity index (χ1n) is 11.0. The van der Waals surface area contributed by atoms with E-state index in [1.807, 2.05) is 18.2 Å². The zero-order chi connectivity index (χ0) is 22.8. The van der Waals surface area contributed by atoms with Gasteiger partial charge in [0.05, 0.1) is 5.69 Å². The van der Waals surface area contributed by atoms with Crippen molar-refractivity contribution in [1.29, 1.82) is 0 Å². The molecule has 2 aliphatic rings. The number of halogens is 1. The molecule has 2 atom stereocenters. The van der Waals surface area contributed by atoms with Gasteiger partial charge in [-0.15, -0.1) is 0 Å². The molecule has 168 valence electrons. The van der Waals surface area contributed by atoms with Gasteiger partial charge in [-0.25, -0.2) is 14.4 Å². The Morgan fingerprint density at radius 2 is 1.97 bits per heavy atom. The number of anilines is 2. The lowest BCUT2D eigenvalue weighted by Gasteiger charge is -2.20. The van der Waals surface area contributed by atoms with Crippen molar-refractivity contribution in [1.82, 2.24) is 25.2 Å². The van der Waals surface area contributed by atoms with Crippen LogP contribution in [0.5, 0.6) is 0 Å². The molecule has 2 amide bonds. The summed E-state index contributed by atoms with van der Waals surface area (Å²) in [6.45, 7) is 1.08. The number of pyridine rings is 1. The molecule has 4 heterocycles. The molecule has 2 fully saturated rings. The number of carbonyl (C=O) groups excluding carboxylic acids is 2. The van der Waals surface area contributed by atoms with Gasteiger partial charge in [-0.3, -0.25) is 14.6 Å². The van der Waals surface area contributed by atoms with Crippen molar-refractivity contribution in [2.45, 2.75) is 31.2 Å². The highest BCUT2D eigenvalue weighted by Crippen LogP contribution is 2.30. The number of nitrogens with zero attached hydrogens (tertiary/aromatic N) is 4. The molecular weight excluding hydrogens is 423 g/mol. The predicted molar refractivity (Wildman–Crippen MR) is 120 cm³/mol. The lowest BCUT2D eigenvalue weighted by atomic mass is 10.1. The molecule has 0 bridgehead atoms. The van der Waals surface area contributed by atoms with Crippen LogP contribution in [0.3, 0.4) is 0 Å². The molecule has 0 aliphatic carbocycles. The van der Waals surface area contributed by atoms with Crippen molar-refractivity contribution in [3.8, 4) is 11.3 Å². The summed E-state index contributed by atoms with van der Waals surface area (Å²) in [6.07, 6.45) is 5.05. The molecule has 5 rings (SSSR count). The lowest BCUT2D eigenvalue weighted by Crippen LogP contribution is -2.43. The van der Waals surface area contributed by atoms with Crippen LogP contribution in [-0.2, 0) is 9.59 Å². The summed E-state index contributed by atoms with van der Waals surface area (Å²) in [5, 5.41) is 5.92. The first-order valence-corrected chi connectivity index (χ1v) is 11.0. The Bertz CT molecular complexity index is 1190. The Morgan fingerprint density at radius 1 is 1.12 bits per heavy atom. The molecule has 1 aromatic carbocycles. The van der Waals surface area contributed by atoms with Crippen LogP contribution < -0.4 is 10.6 Å². The van der Waals surface area contributed by atoms with Crippen LogP contribution in [0.15, 0.2) is 54.9 Å². The third-order valence-corrected chi connectivity index (χ3v) is 5.98. The summed E-state index contributed by atoms with van der Waals surface area (Å²) < 4.78 is 13.7. The fourth-order valence-corrected chi connectivity index (χ4v) is 4.29. The predicted octanol–water partition coefficient (Wildman–Crippen LogP) is 3.02. The van der Waals surface area contributed by atoms with E-state index in [2.05, 4.69) is 15.6 Å². The molecule has 33 heavy (non-hydrogen) atoms. The Morgan fingerprint density at radius 3 is 2.73 bits per heavy atom. The number of aromatic nitrogens is 3. The lowest BCUT2D eigenvalue weighted by molar-refractivity contribution is -0.133. The van der Waals surface area contributed by atoms with Gasteiger partial charge < -0.3 is 15.5 Å². The maximum absolute atomic E-state index is 13.7. The largest absolute Gasteiger partial charge is 0.344 e. The maximum atomic E-state index is 13.7. The van der Waals surface area contributed by atoms with E-state index in [0.29, 0.717) is 49.0 Å². The fraction of sp³-hybridized carbons (Fsp3) is 0.292. The molecule has 2 N–H and O–H groups in total. The van der Waals surface area contributed by atoms with Crippen LogP contribution in [0.4, 0.5) is 15.9 Å². The number of carbonyl (C=O) groups is 2. The summed E-state index contributed by atoms with van der Waals surface area (Å²) in [4.78, 5) is 39.7. The average Bonchev–Trinajstić information content (AvgIpc) is 3.49. The second kappa shape index (κ2) is 8.93. The number of hydrogen-bond donors (Lipinski definition) is 2. The van der Waals surface area contributed by atoms with Crippen molar-refractivity contribution in [2.75, 3.05) is 18.4 Å². The van der Waals surface area contributed by atoms with Gasteiger partial charge in [0.2, 0.25) is 11.8 Å². The van der Waals surface area contributed by atoms with Crippen molar-refractivity contribution >= 4 is 23.3 Å². The molecule has 2 saturated heterocycles. The van der Waals surface area contributed by atoms with Crippen LogP contribution in [-0.4, -0.2) is 50.8 Å². The summed E-state index contributed by atoms with van der Waals surface area (Å²) in [7, 11) is 0. The molecule has 2 aromatic heterocycles. The number of benzene rings is 1. The van der Waals surface area contributed by atoms with Crippen LogP contribution in [0.1, 0.15) is 31.0 Å². The van der Waals surface area contributed by atoms with Gasteiger partial charge >= 0.3 is 0 Å². The Balaban J connectivity index is 1.41. The zero-order valence-electron chi connectivity index (χ0n) is 17.9. The summed E-state index contributed by atoms with van der Waals surface area (Å²) in [6, 6.07) is 11.3. The van der Waals surface area contributed by atoms with Crippen LogP contribution in [0, 0.1) is 5.82 Å². The van der Waals surface area contributed by atoms with E-state index in [1.54, 1.807) is 29.4 Å². The fourth-order valence-electron chi connectivity index (χ4n) is 4.29. The minimum atomic E-state index is -0.439. The van der Waals surface area contributed by atoms with E-state index < -0.39 is 6.04 Å². The first kappa shape index (κ1) is 21.0. The van der Waals surface area contributed by atoms with Gasteiger partial charge in [-0.1, -0.05) is 6.07 Å². The Labute approximate surface area is 190 Å². The summed E-state index contributed by atoms with van der Waals surface area (Å²) in [5.74, 6) is 0.657. The van der Waals surface area contributed by atoms with E-state index in [9.17, 15) is 14.0 Å². The Hall–Kier alpha value is -3.88. The van der Waals surface area contributed by atoms with Crippen molar-refractivity contribution in [3.63, 3.8) is 0 Å². The average molecular weight is 446 g/mol. The molecule has 3 aromatic rings. The molecule has 0 unspecified atom stereocenters. The molecule has 0 saturated carbocycles. The van der Waals surface area contributed by atoms with Gasteiger partial charge in [0, 0.05) is 55.1 Å². The highest BCUT2D eigenvalue weighted by molar-refractivity contribution is 5.91. The molecular formula is C24H23FN6O2. The monoisotopic (exact) mass is 446 g/mol. The number of nitrogens with one attached hydrogen (secondary N) is 2. The van der Waals surface area contributed by atoms with Gasteiger partial charge in [-0.2, -0.15) is 0 Å². The van der Waals surface area contributed by atoms with Gasteiger partial charge in [-0.05, 0) is 43.2 Å². The SMILES string of the molecule is O=C1CC[C@H](C(=O)N2CC[C@H](c3nc(Nc4cccc(F)c4)cc(-c4ccncc4)n3)C2)N1. The second-order valence-corrected chi connectivity index (χ2v) is 8.30. The van der Waals surface area contributed by atoms with Gasteiger partial charge in [0.25, 0.3) is 0 Å². The topological polar surface area (TPSA) is 100 Å². The number of amides is 2. The summed E-state index contributed by atoms with van der Waals surface area (Å²) >= 11 is 0. The highest BCUT2D eigenvalue weighted by atomic mass is 19.1. The minimum absolute atomic E-state index is 0.0408. The van der Waals surface area contributed by atoms with Gasteiger partial charge in [0.1, 0.15) is 23.5 Å². The van der Waals surface area contributed by atoms with Crippen molar-refractivity contribution < 1.29 is 14.0 Å². The standard InChI is InChI=1S/C24H23FN6O2/c25-17-2-1-3-18(12-17)27-21-13-20(15-6-9-26-10-7-15)29-23(30-21)16-8-11-31(14-16)24(33)19-4-5-22(32)28-19/h1-3,6-7,9-10,12-13,16,19H,4-5,8,11,14H2,(H,28,32)(H,27,29,30)/t16-,19+/m0/s1. The quantitative estimate of drug-likeness (QED) is 0.625. The maximum Gasteiger partial charge on any atom is 0.245 e. The van der Waals surface area contributed by atoms with E-state index in [0.717, 1.165) is 12.0 Å². The van der Waals surface area contributed by atoms with Crippen molar-refractivity contribution in [2.24, 2.45) is 0 Å². The molecule has 0 radical (unpaired) electrons. The Kier molecular flexibility index (Phi) is 5.68. The van der Waals surface area contributed by atoms with E-state index in [4.69, 9.17) is 9.97 Å². The zero-order valence-corrected chi connectivity index (χ0v) is 17.9. The third-order valence-electron chi connectivity index (χ3n) is 5.98. The molecule has 8 nitrogen and oxygen atoms in total. The second-order valence-electron chi connectivity index (χ2n) is 8.30. The minimum Gasteiger partial charge on any atom is -0.344 e. The van der Waals surface area contributed by atoms with Crippen LogP contribution in [0.2, 0.25) is 0 Å². The molecule has 9 heteroatoms. The third kappa shape index (κ3) is 4.67. The smallest absolute Gasteiger partial charge is 0.245 e. The number of likely N-dealkylation sites (tertiary alicyclic amines) is 1. The molecule has 0 spiro atoms. The first-order chi connectivity index (χ1) is 16.0. The van der Waals surface area contributed by atoms with Crippen LogP contribution >= 0.6 is 0 Å². The summed E-state index contributed by atoms with van der Waals surface area (Å²) in [5.41, 5.74) is 2.19. The van der Waals surface area contributed by atoms with Gasteiger partial charge in [0.15, 0.2) is 0 Å². The normalized spacial score (nSPS) is 20.0. The van der Waals surface area contributed by atoms with E-state index in [1.165, 1.54) is 12.1 Å². The molecule has 2 aliphatic heterocycles. The number of rotatable bonds is 5. The van der Waals surface area contributed by atoms with Crippen molar-refractivity contribution in [3.05, 3.63) is 66.5 Å². The van der Waals surface area contributed by atoms with E-state index in [-0.39, 0.29) is 23.5 Å². The number of hydrogen-bond acceptors (Lipinski definition) is 6. The highest BCUT2D eigenvalue weighted by Gasteiger charge is 2.36.